The van der Waals surface area contributed by atoms with E-state index in [1.807, 2.05) is 45.0 Å². The molecule has 6 nitrogen and oxygen atoms in total. The van der Waals surface area contributed by atoms with Crippen molar-refractivity contribution in [1.82, 2.24) is 5.32 Å². The van der Waals surface area contributed by atoms with Gasteiger partial charge in [-0.2, -0.15) is 0 Å². The Labute approximate surface area is 210 Å². The Morgan fingerprint density at radius 3 is 2.37 bits per heavy atom. The molecule has 0 aromatic heterocycles. The van der Waals surface area contributed by atoms with Crippen molar-refractivity contribution in [3.63, 3.8) is 0 Å². The molecule has 0 radical (unpaired) electrons. The maximum absolute atomic E-state index is 12.9. The highest BCUT2D eigenvalue weighted by molar-refractivity contribution is 6.34. The minimum Gasteiger partial charge on any atom is -0.493 e. The van der Waals surface area contributed by atoms with E-state index in [2.05, 4.69) is 5.32 Å². The fourth-order valence-corrected chi connectivity index (χ4v) is 3.83. The summed E-state index contributed by atoms with van der Waals surface area (Å²) in [5.74, 6) is -0.0283. The minimum absolute atomic E-state index is 0.000307. The molecule has 0 aliphatic heterocycles. The Balaban J connectivity index is 1.85. The third kappa shape index (κ3) is 6.76. The summed E-state index contributed by atoms with van der Waals surface area (Å²) in [6.07, 6.45) is 0.841. The molecule has 0 aliphatic rings. The first-order valence-electron chi connectivity index (χ1n) is 11.5. The molecular formula is C28H30ClNO5. The zero-order valence-electron chi connectivity index (χ0n) is 20.4. The number of ether oxygens (including phenoxy) is 2. The van der Waals surface area contributed by atoms with Gasteiger partial charge in [0.05, 0.1) is 28.9 Å². The minimum atomic E-state index is -0.971. The van der Waals surface area contributed by atoms with Crippen molar-refractivity contribution < 1.29 is 24.2 Å². The smallest absolute Gasteiger partial charge is 0.335 e. The van der Waals surface area contributed by atoms with Crippen LogP contribution in [0, 0.1) is 6.92 Å². The molecule has 3 aromatic rings. The molecule has 2 N–H and O–H groups in total. The quantitative estimate of drug-likeness (QED) is 0.334. The van der Waals surface area contributed by atoms with Gasteiger partial charge in [0.25, 0.3) is 5.91 Å². The summed E-state index contributed by atoms with van der Waals surface area (Å²) in [6, 6.07) is 15.9. The van der Waals surface area contributed by atoms with Gasteiger partial charge in [-0.3, -0.25) is 4.79 Å². The van der Waals surface area contributed by atoms with Gasteiger partial charge in [0.15, 0.2) is 0 Å². The van der Waals surface area contributed by atoms with Crippen molar-refractivity contribution in [2.45, 2.75) is 46.8 Å². The van der Waals surface area contributed by atoms with Crippen molar-refractivity contribution in [3.8, 4) is 22.6 Å². The number of aromatic carboxylic acids is 1. The number of carboxylic acids is 1. The number of carbonyl (C=O) groups is 2. The second kappa shape index (κ2) is 11.8. The van der Waals surface area contributed by atoms with Gasteiger partial charge in [0.1, 0.15) is 11.5 Å². The molecule has 7 heteroatoms. The van der Waals surface area contributed by atoms with Crippen molar-refractivity contribution in [2.75, 3.05) is 6.61 Å². The molecular weight excluding hydrogens is 466 g/mol. The normalized spacial score (nSPS) is 10.8. The van der Waals surface area contributed by atoms with Gasteiger partial charge in [0.2, 0.25) is 0 Å². The number of hydrogen-bond donors (Lipinski definition) is 2. The van der Waals surface area contributed by atoms with Crippen LogP contribution < -0.4 is 14.8 Å². The Hall–Kier alpha value is -3.51. The Bertz CT molecular complexity index is 1220. The number of rotatable bonds is 10. The van der Waals surface area contributed by atoms with E-state index in [0.29, 0.717) is 34.3 Å². The van der Waals surface area contributed by atoms with E-state index in [-0.39, 0.29) is 24.1 Å². The second-order valence-electron chi connectivity index (χ2n) is 8.50. The summed E-state index contributed by atoms with van der Waals surface area (Å²) < 4.78 is 11.5. The lowest BCUT2D eigenvalue weighted by Gasteiger charge is -2.15. The van der Waals surface area contributed by atoms with E-state index in [9.17, 15) is 14.7 Å². The number of benzene rings is 3. The van der Waals surface area contributed by atoms with Crippen molar-refractivity contribution in [2.24, 2.45) is 0 Å². The van der Waals surface area contributed by atoms with Gasteiger partial charge in [0, 0.05) is 12.1 Å². The molecule has 1 amide bonds. The van der Waals surface area contributed by atoms with Crippen LogP contribution in [0.3, 0.4) is 0 Å². The number of aryl methyl sites for hydroxylation is 1. The number of carbonyl (C=O) groups excluding carboxylic acids is 1. The number of hydrogen-bond acceptors (Lipinski definition) is 4. The number of halogens is 1. The predicted octanol–water partition coefficient (Wildman–Crippen LogP) is 6.52. The molecule has 0 saturated heterocycles. The van der Waals surface area contributed by atoms with Crippen LogP contribution in [0.25, 0.3) is 11.1 Å². The molecule has 0 bridgehead atoms. The van der Waals surface area contributed by atoms with E-state index < -0.39 is 5.97 Å². The van der Waals surface area contributed by atoms with Gasteiger partial charge >= 0.3 is 5.97 Å². The monoisotopic (exact) mass is 495 g/mol. The lowest BCUT2D eigenvalue weighted by molar-refractivity contribution is 0.0695. The highest BCUT2D eigenvalue weighted by Crippen LogP contribution is 2.29. The summed E-state index contributed by atoms with van der Waals surface area (Å²) in [4.78, 5) is 24.4. The van der Waals surface area contributed by atoms with Crippen molar-refractivity contribution in [1.29, 1.82) is 0 Å². The Morgan fingerprint density at radius 1 is 1.00 bits per heavy atom. The molecule has 0 heterocycles. The standard InChI is InChI=1S/C28H30ClNO5/c1-5-12-34-26-11-8-19(20-7-6-18(4)24(14-20)28(32)33)13-21(26)16-30-27(31)23-10-9-22(15-25(23)29)35-17(2)3/h6-11,13-15,17H,5,12,16H2,1-4H3,(H,30,31)(H,32,33). The van der Waals surface area contributed by atoms with Crippen LogP contribution >= 0.6 is 11.6 Å². The molecule has 0 unspecified atom stereocenters. The van der Waals surface area contributed by atoms with Crippen LogP contribution in [0.4, 0.5) is 0 Å². The number of amides is 1. The van der Waals surface area contributed by atoms with Crippen LogP contribution in [0.1, 0.15) is 59.0 Å². The molecule has 184 valence electrons. The summed E-state index contributed by atoms with van der Waals surface area (Å²) in [7, 11) is 0. The molecule has 0 saturated carbocycles. The summed E-state index contributed by atoms with van der Waals surface area (Å²) in [5.41, 5.74) is 3.67. The topological polar surface area (TPSA) is 84.9 Å². The molecule has 35 heavy (non-hydrogen) atoms. The highest BCUT2D eigenvalue weighted by Gasteiger charge is 2.15. The van der Waals surface area contributed by atoms with Gasteiger partial charge in [-0.1, -0.05) is 36.7 Å². The molecule has 0 fully saturated rings. The molecule has 0 atom stereocenters. The third-order valence-corrected chi connectivity index (χ3v) is 5.63. The average Bonchev–Trinajstić information content (AvgIpc) is 2.81. The van der Waals surface area contributed by atoms with Gasteiger partial charge < -0.3 is 19.9 Å². The van der Waals surface area contributed by atoms with Gasteiger partial charge in [-0.25, -0.2) is 4.79 Å². The van der Waals surface area contributed by atoms with E-state index in [4.69, 9.17) is 21.1 Å². The number of carboxylic acid groups (broad SMARTS) is 1. The van der Waals surface area contributed by atoms with Crippen LogP contribution in [0.5, 0.6) is 11.5 Å². The maximum atomic E-state index is 12.9. The van der Waals surface area contributed by atoms with Crippen LogP contribution in [0.15, 0.2) is 54.6 Å². The van der Waals surface area contributed by atoms with E-state index >= 15 is 0 Å². The fourth-order valence-electron chi connectivity index (χ4n) is 3.58. The second-order valence-corrected chi connectivity index (χ2v) is 8.90. The lowest BCUT2D eigenvalue weighted by atomic mass is 9.98. The summed E-state index contributed by atoms with van der Waals surface area (Å²) in [5, 5.41) is 12.7. The lowest BCUT2D eigenvalue weighted by Crippen LogP contribution is -2.23. The molecule has 3 aromatic carbocycles. The molecule has 3 rings (SSSR count). The maximum Gasteiger partial charge on any atom is 0.335 e. The summed E-state index contributed by atoms with van der Waals surface area (Å²) in [6.45, 7) is 8.37. The summed E-state index contributed by atoms with van der Waals surface area (Å²) >= 11 is 6.33. The average molecular weight is 496 g/mol. The molecule has 0 spiro atoms. The van der Waals surface area contributed by atoms with E-state index in [1.54, 1.807) is 37.3 Å². The number of nitrogens with one attached hydrogen (secondary N) is 1. The highest BCUT2D eigenvalue weighted by atomic mass is 35.5. The fraction of sp³-hybridized carbons (Fsp3) is 0.286. The first-order chi connectivity index (χ1) is 16.7. The SMILES string of the molecule is CCCOc1ccc(-c2ccc(C)c(C(=O)O)c2)cc1CNC(=O)c1ccc(OC(C)C)cc1Cl. The zero-order chi connectivity index (χ0) is 25.5. The van der Waals surface area contributed by atoms with Gasteiger partial charge in [-0.15, -0.1) is 0 Å². The van der Waals surface area contributed by atoms with Crippen molar-refractivity contribution >= 4 is 23.5 Å². The zero-order valence-corrected chi connectivity index (χ0v) is 21.1. The first-order valence-corrected chi connectivity index (χ1v) is 11.9. The first kappa shape index (κ1) is 26.1. The largest absolute Gasteiger partial charge is 0.493 e. The van der Waals surface area contributed by atoms with E-state index in [0.717, 1.165) is 23.1 Å². The van der Waals surface area contributed by atoms with Crippen molar-refractivity contribution in [3.05, 3.63) is 81.9 Å². The van der Waals surface area contributed by atoms with Crippen LogP contribution in [0.2, 0.25) is 5.02 Å². The predicted molar refractivity (Wildman–Crippen MR) is 138 cm³/mol. The van der Waals surface area contributed by atoms with Crippen LogP contribution in [-0.4, -0.2) is 29.7 Å². The van der Waals surface area contributed by atoms with E-state index in [1.165, 1.54) is 0 Å². The third-order valence-electron chi connectivity index (χ3n) is 5.32. The molecule has 0 aliphatic carbocycles. The Morgan fingerprint density at radius 2 is 1.71 bits per heavy atom. The Kier molecular flexibility index (Phi) is 8.77. The van der Waals surface area contributed by atoms with Crippen LogP contribution in [-0.2, 0) is 6.54 Å². The van der Waals surface area contributed by atoms with Gasteiger partial charge in [-0.05, 0) is 80.3 Å².